The number of nitrogens with two attached hydrogens (primary N) is 1. The lowest BCUT2D eigenvalue weighted by molar-refractivity contribution is 0.340. The lowest BCUT2D eigenvalue weighted by atomic mass is 9.91. The van der Waals surface area contributed by atoms with Crippen LogP contribution in [-0.4, -0.2) is 6.04 Å². The van der Waals surface area contributed by atoms with Gasteiger partial charge >= 0.3 is 0 Å². The number of hydrogen-bond acceptors (Lipinski definition) is 2. The van der Waals surface area contributed by atoms with Crippen LogP contribution in [0.2, 0.25) is 0 Å². The average molecular weight is 198 g/mol. The highest BCUT2D eigenvalue weighted by Crippen LogP contribution is 2.27. The molecule has 0 aromatic rings. The van der Waals surface area contributed by atoms with Crippen molar-refractivity contribution in [1.82, 2.24) is 5.43 Å². The predicted octanol–water partition coefficient (Wildman–Crippen LogP) is 2.98. The van der Waals surface area contributed by atoms with Crippen molar-refractivity contribution in [3.05, 3.63) is 0 Å². The van der Waals surface area contributed by atoms with E-state index in [4.69, 9.17) is 5.84 Å². The van der Waals surface area contributed by atoms with Gasteiger partial charge in [0.15, 0.2) is 0 Å². The molecule has 1 rings (SSSR count). The molecule has 1 aliphatic carbocycles. The Bertz CT molecular complexity index is 128. The second-order valence-electron chi connectivity index (χ2n) is 4.75. The number of rotatable bonds is 5. The third-order valence-electron chi connectivity index (χ3n) is 3.47. The summed E-state index contributed by atoms with van der Waals surface area (Å²) < 4.78 is 0. The Hall–Kier alpha value is -0.0800. The Balaban J connectivity index is 2.24. The molecule has 2 heteroatoms. The molecule has 0 aromatic carbocycles. The highest BCUT2D eigenvalue weighted by molar-refractivity contribution is 4.72. The minimum atomic E-state index is 0.558. The summed E-state index contributed by atoms with van der Waals surface area (Å²) in [5, 5.41) is 0. The molecule has 1 saturated carbocycles. The maximum absolute atomic E-state index is 5.57. The Labute approximate surface area is 88.6 Å². The standard InChI is InChI=1S/C12H26N2/c1-2-7-12(14-13)10-11-8-5-3-4-6-9-11/h11-12,14H,2-10,13H2,1H3. The Morgan fingerprint density at radius 1 is 1.21 bits per heavy atom. The molecular formula is C12H26N2. The van der Waals surface area contributed by atoms with Crippen LogP contribution in [0.25, 0.3) is 0 Å². The molecule has 0 aromatic heterocycles. The molecule has 0 amide bonds. The first-order valence-electron chi connectivity index (χ1n) is 6.33. The molecule has 14 heavy (non-hydrogen) atoms. The fraction of sp³-hybridized carbons (Fsp3) is 1.00. The highest BCUT2D eigenvalue weighted by Gasteiger charge is 2.16. The molecular weight excluding hydrogens is 172 g/mol. The van der Waals surface area contributed by atoms with Crippen LogP contribution >= 0.6 is 0 Å². The summed E-state index contributed by atoms with van der Waals surface area (Å²) in [6.45, 7) is 2.23. The maximum atomic E-state index is 5.57. The highest BCUT2D eigenvalue weighted by atomic mass is 15.2. The summed E-state index contributed by atoms with van der Waals surface area (Å²) in [4.78, 5) is 0. The second-order valence-corrected chi connectivity index (χ2v) is 4.75. The van der Waals surface area contributed by atoms with Crippen LogP contribution < -0.4 is 11.3 Å². The average Bonchev–Trinajstić information content (AvgIpc) is 2.45. The minimum absolute atomic E-state index is 0.558. The molecule has 1 unspecified atom stereocenters. The monoisotopic (exact) mass is 198 g/mol. The molecule has 1 fully saturated rings. The zero-order valence-electron chi connectivity index (χ0n) is 9.60. The SMILES string of the molecule is CCCC(CC1CCCCCC1)NN. The first-order valence-corrected chi connectivity index (χ1v) is 6.33. The van der Waals surface area contributed by atoms with Gasteiger partial charge < -0.3 is 0 Å². The summed E-state index contributed by atoms with van der Waals surface area (Å²) in [6, 6.07) is 0.558. The third-order valence-corrected chi connectivity index (χ3v) is 3.47. The van der Waals surface area contributed by atoms with Gasteiger partial charge in [0, 0.05) is 6.04 Å². The first-order chi connectivity index (χ1) is 6.86. The second kappa shape index (κ2) is 7.24. The maximum Gasteiger partial charge on any atom is 0.0213 e. The largest absolute Gasteiger partial charge is 0.271 e. The Morgan fingerprint density at radius 2 is 1.86 bits per heavy atom. The van der Waals surface area contributed by atoms with Gasteiger partial charge in [-0.3, -0.25) is 11.3 Å². The predicted molar refractivity (Wildman–Crippen MR) is 61.8 cm³/mol. The van der Waals surface area contributed by atoms with Crippen LogP contribution in [0, 0.1) is 5.92 Å². The van der Waals surface area contributed by atoms with Crippen molar-refractivity contribution in [1.29, 1.82) is 0 Å². The van der Waals surface area contributed by atoms with Crippen LogP contribution in [0.1, 0.15) is 64.7 Å². The molecule has 0 saturated heterocycles. The van der Waals surface area contributed by atoms with Gasteiger partial charge in [0.2, 0.25) is 0 Å². The van der Waals surface area contributed by atoms with E-state index in [0.717, 1.165) is 5.92 Å². The molecule has 0 heterocycles. The Kier molecular flexibility index (Phi) is 6.20. The molecule has 0 spiro atoms. The van der Waals surface area contributed by atoms with Gasteiger partial charge in [-0.05, 0) is 18.8 Å². The van der Waals surface area contributed by atoms with Crippen molar-refractivity contribution in [3.8, 4) is 0 Å². The van der Waals surface area contributed by atoms with Crippen LogP contribution in [0.4, 0.5) is 0 Å². The van der Waals surface area contributed by atoms with Crippen molar-refractivity contribution in [2.45, 2.75) is 70.8 Å². The van der Waals surface area contributed by atoms with E-state index in [0.29, 0.717) is 6.04 Å². The molecule has 84 valence electrons. The van der Waals surface area contributed by atoms with Gasteiger partial charge in [0.1, 0.15) is 0 Å². The Morgan fingerprint density at radius 3 is 2.36 bits per heavy atom. The number of hydrogen-bond donors (Lipinski definition) is 2. The third kappa shape index (κ3) is 4.43. The fourth-order valence-electron chi connectivity index (χ4n) is 2.62. The van der Waals surface area contributed by atoms with E-state index in [1.807, 2.05) is 0 Å². The molecule has 0 radical (unpaired) electrons. The van der Waals surface area contributed by atoms with Crippen LogP contribution in [-0.2, 0) is 0 Å². The van der Waals surface area contributed by atoms with E-state index in [-0.39, 0.29) is 0 Å². The summed E-state index contributed by atoms with van der Waals surface area (Å²) in [7, 11) is 0. The first kappa shape index (κ1) is 12.0. The lowest BCUT2D eigenvalue weighted by Gasteiger charge is -2.21. The lowest BCUT2D eigenvalue weighted by Crippen LogP contribution is -2.36. The number of hydrazine groups is 1. The van der Waals surface area contributed by atoms with Gasteiger partial charge in [-0.15, -0.1) is 0 Å². The zero-order chi connectivity index (χ0) is 10.2. The van der Waals surface area contributed by atoms with E-state index in [1.54, 1.807) is 0 Å². The minimum Gasteiger partial charge on any atom is -0.271 e. The van der Waals surface area contributed by atoms with Gasteiger partial charge in [-0.2, -0.15) is 0 Å². The van der Waals surface area contributed by atoms with Gasteiger partial charge in [0.25, 0.3) is 0 Å². The molecule has 1 aliphatic rings. The summed E-state index contributed by atoms with van der Waals surface area (Å²) in [6.07, 6.45) is 12.4. The normalized spacial score (nSPS) is 21.9. The van der Waals surface area contributed by atoms with Gasteiger partial charge in [0.05, 0.1) is 0 Å². The molecule has 3 N–H and O–H groups in total. The van der Waals surface area contributed by atoms with Crippen LogP contribution in [0.15, 0.2) is 0 Å². The summed E-state index contributed by atoms with van der Waals surface area (Å²) in [5.41, 5.74) is 2.97. The van der Waals surface area contributed by atoms with Gasteiger partial charge in [-0.1, -0.05) is 51.9 Å². The fourth-order valence-corrected chi connectivity index (χ4v) is 2.62. The van der Waals surface area contributed by atoms with Crippen molar-refractivity contribution < 1.29 is 0 Å². The smallest absolute Gasteiger partial charge is 0.0213 e. The molecule has 2 nitrogen and oxygen atoms in total. The van der Waals surface area contributed by atoms with Gasteiger partial charge in [-0.25, -0.2) is 0 Å². The van der Waals surface area contributed by atoms with E-state index >= 15 is 0 Å². The van der Waals surface area contributed by atoms with E-state index in [2.05, 4.69) is 12.3 Å². The summed E-state index contributed by atoms with van der Waals surface area (Å²) >= 11 is 0. The topological polar surface area (TPSA) is 38.0 Å². The molecule has 1 atom stereocenters. The van der Waals surface area contributed by atoms with Crippen LogP contribution in [0.5, 0.6) is 0 Å². The van der Waals surface area contributed by atoms with E-state index in [1.165, 1.54) is 57.8 Å². The van der Waals surface area contributed by atoms with Crippen molar-refractivity contribution >= 4 is 0 Å². The zero-order valence-corrected chi connectivity index (χ0v) is 9.60. The number of nitrogens with one attached hydrogen (secondary N) is 1. The summed E-state index contributed by atoms with van der Waals surface area (Å²) in [5.74, 6) is 6.50. The van der Waals surface area contributed by atoms with Crippen molar-refractivity contribution in [2.75, 3.05) is 0 Å². The van der Waals surface area contributed by atoms with Crippen molar-refractivity contribution in [2.24, 2.45) is 11.8 Å². The van der Waals surface area contributed by atoms with Crippen LogP contribution in [0.3, 0.4) is 0 Å². The van der Waals surface area contributed by atoms with E-state index in [9.17, 15) is 0 Å². The molecule has 0 bridgehead atoms. The van der Waals surface area contributed by atoms with E-state index < -0.39 is 0 Å². The molecule has 0 aliphatic heterocycles. The van der Waals surface area contributed by atoms with Crippen molar-refractivity contribution in [3.63, 3.8) is 0 Å². The quantitative estimate of drug-likeness (QED) is 0.405.